The molecule has 0 aliphatic heterocycles. The van der Waals surface area contributed by atoms with Gasteiger partial charge in [-0.1, -0.05) is 6.07 Å². The number of carboxylic acids is 1. The first-order valence-corrected chi connectivity index (χ1v) is 9.80. The molecule has 2 N–H and O–H groups in total. The molecule has 1 fully saturated rings. The number of Topliss-reactive ketones (excluding diaryl/α,β-unsaturated/α-hetero) is 1. The van der Waals surface area contributed by atoms with E-state index in [0.717, 1.165) is 12.1 Å². The number of hydrogen-bond donors (Lipinski definition) is 2. The highest BCUT2D eigenvalue weighted by molar-refractivity contribution is 6.03. The first kappa shape index (κ1) is 23.5. The number of anilines is 2. The molecule has 0 bridgehead atoms. The molecule has 2 atom stereocenters. The Kier molecular flexibility index (Phi) is 6.19. The van der Waals surface area contributed by atoms with Gasteiger partial charge in [0.25, 0.3) is 0 Å². The third-order valence-corrected chi connectivity index (χ3v) is 5.08. The Morgan fingerprint density at radius 2 is 1.88 bits per heavy atom. The molecule has 1 heterocycles. The number of alkyl halides is 3. The fraction of sp³-hybridized carbons (Fsp3) is 0.409. The van der Waals surface area contributed by atoms with Gasteiger partial charge in [0, 0.05) is 17.7 Å². The van der Waals surface area contributed by atoms with Crippen molar-refractivity contribution in [1.82, 2.24) is 4.98 Å². The van der Waals surface area contributed by atoms with E-state index in [4.69, 9.17) is 9.84 Å². The molecule has 1 aromatic heterocycles. The van der Waals surface area contributed by atoms with Gasteiger partial charge in [0.05, 0.1) is 42.6 Å². The van der Waals surface area contributed by atoms with Crippen LogP contribution in [-0.4, -0.2) is 46.2 Å². The van der Waals surface area contributed by atoms with Gasteiger partial charge in [0.1, 0.15) is 11.4 Å². The largest absolute Gasteiger partial charge is 0.494 e. The first-order valence-electron chi connectivity index (χ1n) is 9.80. The first-order chi connectivity index (χ1) is 14.8. The molecule has 1 saturated carbocycles. The zero-order chi connectivity index (χ0) is 23.8. The van der Waals surface area contributed by atoms with Crippen molar-refractivity contribution in [3.05, 3.63) is 47.8 Å². The Morgan fingerprint density at radius 3 is 2.41 bits per heavy atom. The summed E-state index contributed by atoms with van der Waals surface area (Å²) in [7, 11) is 1.31. The predicted octanol–water partition coefficient (Wildman–Crippen LogP) is 3.92. The molecular formula is C22H23F3N2O5. The molecule has 0 radical (unpaired) electrons. The lowest BCUT2D eigenvalue weighted by atomic mass is 10.1. The van der Waals surface area contributed by atoms with Crippen LogP contribution < -0.4 is 9.64 Å². The summed E-state index contributed by atoms with van der Waals surface area (Å²) in [6.07, 6.45) is -3.04. The van der Waals surface area contributed by atoms with E-state index in [0.29, 0.717) is 5.69 Å². The molecule has 0 spiro atoms. The summed E-state index contributed by atoms with van der Waals surface area (Å²) in [4.78, 5) is 29.3. The zero-order valence-electron chi connectivity index (χ0n) is 17.7. The fourth-order valence-electron chi connectivity index (χ4n) is 3.42. The summed E-state index contributed by atoms with van der Waals surface area (Å²) < 4.78 is 44.9. The van der Waals surface area contributed by atoms with Gasteiger partial charge in [0.15, 0.2) is 5.78 Å². The Hall–Kier alpha value is -3.14. The highest BCUT2D eigenvalue weighted by atomic mass is 19.4. The summed E-state index contributed by atoms with van der Waals surface area (Å²) in [6, 6.07) is 6.07. The second kappa shape index (κ2) is 8.42. The standard InChI is InChI=1S/C22H23F3N2O5/c1-21(2,31)11-27(13-6-4-5-12(7-13)22(23,24)25)14-8-17(32-3)18(26-10-14)19(28)15-9-16(15)20(29)30/h4-8,10,15-16,31H,9,11H2,1-3H3,(H,29,30)/t15-,16-/m0/s1. The van der Waals surface area contributed by atoms with E-state index < -0.39 is 40.9 Å². The van der Waals surface area contributed by atoms with Crippen LogP contribution in [0.5, 0.6) is 5.75 Å². The van der Waals surface area contributed by atoms with Crippen molar-refractivity contribution in [2.75, 3.05) is 18.6 Å². The van der Waals surface area contributed by atoms with E-state index >= 15 is 0 Å². The normalized spacial score (nSPS) is 18.2. The van der Waals surface area contributed by atoms with Gasteiger partial charge in [-0.15, -0.1) is 0 Å². The average molecular weight is 452 g/mol. The number of ketones is 1. The van der Waals surface area contributed by atoms with Crippen LogP contribution in [0.2, 0.25) is 0 Å². The van der Waals surface area contributed by atoms with Crippen LogP contribution in [0.1, 0.15) is 36.3 Å². The van der Waals surface area contributed by atoms with E-state index in [1.807, 2.05) is 0 Å². The molecule has 0 saturated heterocycles. The number of carboxylic acid groups (broad SMARTS) is 1. The topological polar surface area (TPSA) is 100.0 Å². The number of ether oxygens (including phenoxy) is 1. The monoisotopic (exact) mass is 452 g/mol. The van der Waals surface area contributed by atoms with Gasteiger partial charge in [0.2, 0.25) is 0 Å². The number of halogens is 3. The minimum absolute atomic E-state index is 0.0442. The Morgan fingerprint density at radius 1 is 1.19 bits per heavy atom. The predicted molar refractivity (Wildman–Crippen MR) is 109 cm³/mol. The summed E-state index contributed by atoms with van der Waals surface area (Å²) in [5.74, 6) is -2.90. The Labute approximate surface area is 182 Å². The number of rotatable bonds is 8. The lowest BCUT2D eigenvalue weighted by Gasteiger charge is -2.31. The quantitative estimate of drug-likeness (QED) is 0.586. The second-order valence-electron chi connectivity index (χ2n) is 8.34. The number of benzene rings is 1. The molecule has 10 heteroatoms. The molecule has 0 amide bonds. The summed E-state index contributed by atoms with van der Waals surface area (Å²) in [6.45, 7) is 2.95. The number of methoxy groups -OCH3 is 1. The van der Waals surface area contributed by atoms with Crippen molar-refractivity contribution in [2.24, 2.45) is 11.8 Å². The molecular weight excluding hydrogens is 429 g/mol. The second-order valence-corrected chi connectivity index (χ2v) is 8.34. The van der Waals surface area contributed by atoms with Crippen LogP contribution in [0.25, 0.3) is 0 Å². The molecule has 0 unspecified atom stereocenters. The number of pyridine rings is 1. The smallest absolute Gasteiger partial charge is 0.416 e. The van der Waals surface area contributed by atoms with Gasteiger partial charge < -0.3 is 19.8 Å². The van der Waals surface area contributed by atoms with Crippen molar-refractivity contribution in [1.29, 1.82) is 0 Å². The van der Waals surface area contributed by atoms with Crippen LogP contribution in [0.4, 0.5) is 24.5 Å². The molecule has 172 valence electrons. The zero-order valence-corrected chi connectivity index (χ0v) is 17.7. The van der Waals surface area contributed by atoms with Gasteiger partial charge >= 0.3 is 12.1 Å². The van der Waals surface area contributed by atoms with Crippen molar-refractivity contribution in [2.45, 2.75) is 32.0 Å². The molecule has 1 aliphatic rings. The highest BCUT2D eigenvalue weighted by Gasteiger charge is 2.49. The number of hydrogen-bond acceptors (Lipinski definition) is 6. The number of aliphatic hydroxyl groups is 1. The average Bonchev–Trinajstić information content (AvgIpc) is 3.51. The number of aromatic nitrogens is 1. The van der Waals surface area contributed by atoms with E-state index in [2.05, 4.69) is 4.98 Å². The summed E-state index contributed by atoms with van der Waals surface area (Å²) in [5, 5.41) is 19.4. The van der Waals surface area contributed by atoms with E-state index in [9.17, 15) is 27.9 Å². The summed E-state index contributed by atoms with van der Waals surface area (Å²) in [5.41, 5.74) is -1.71. The molecule has 1 aromatic carbocycles. The van der Waals surface area contributed by atoms with Crippen molar-refractivity contribution >= 4 is 23.1 Å². The maximum Gasteiger partial charge on any atom is 0.416 e. The van der Waals surface area contributed by atoms with Crippen molar-refractivity contribution < 1.29 is 37.7 Å². The van der Waals surface area contributed by atoms with Gasteiger partial charge in [-0.2, -0.15) is 13.2 Å². The Bertz CT molecular complexity index is 1030. The lowest BCUT2D eigenvalue weighted by molar-refractivity contribution is -0.139. The minimum Gasteiger partial charge on any atom is -0.494 e. The minimum atomic E-state index is -4.55. The molecule has 1 aliphatic carbocycles. The van der Waals surface area contributed by atoms with Crippen molar-refractivity contribution in [3.63, 3.8) is 0 Å². The number of carbonyl (C=O) groups excluding carboxylic acids is 1. The Balaban J connectivity index is 2.01. The third-order valence-electron chi connectivity index (χ3n) is 5.08. The maximum absolute atomic E-state index is 13.2. The van der Waals surface area contributed by atoms with Gasteiger partial charge in [-0.25, -0.2) is 4.98 Å². The van der Waals surface area contributed by atoms with E-state index in [-0.39, 0.29) is 30.1 Å². The molecule has 3 rings (SSSR count). The van der Waals surface area contributed by atoms with Crippen LogP contribution >= 0.6 is 0 Å². The lowest BCUT2D eigenvalue weighted by Crippen LogP contribution is -2.36. The maximum atomic E-state index is 13.2. The van der Waals surface area contributed by atoms with Crippen LogP contribution in [0.3, 0.4) is 0 Å². The van der Waals surface area contributed by atoms with Crippen LogP contribution in [-0.2, 0) is 11.0 Å². The highest BCUT2D eigenvalue weighted by Crippen LogP contribution is 2.43. The number of carbonyl (C=O) groups is 2. The van der Waals surface area contributed by atoms with E-state index in [1.54, 1.807) is 0 Å². The van der Waals surface area contributed by atoms with Crippen LogP contribution in [0, 0.1) is 11.8 Å². The number of nitrogens with zero attached hydrogens (tertiary/aromatic N) is 2. The summed E-state index contributed by atoms with van der Waals surface area (Å²) >= 11 is 0. The third kappa shape index (κ3) is 5.18. The fourth-order valence-corrected chi connectivity index (χ4v) is 3.42. The number of aliphatic carboxylic acids is 1. The van der Waals surface area contributed by atoms with Gasteiger partial charge in [-0.3, -0.25) is 9.59 Å². The SMILES string of the molecule is COc1cc(N(CC(C)(C)O)c2cccc(C(F)(F)F)c2)cnc1C(=O)[C@H]1C[C@@H]1C(=O)O. The molecule has 2 aromatic rings. The van der Waals surface area contributed by atoms with Crippen LogP contribution in [0.15, 0.2) is 36.5 Å². The molecule has 7 nitrogen and oxygen atoms in total. The molecule has 32 heavy (non-hydrogen) atoms. The van der Waals surface area contributed by atoms with E-state index in [1.165, 1.54) is 50.3 Å². The van der Waals surface area contributed by atoms with Gasteiger partial charge in [-0.05, 0) is 38.5 Å². The van der Waals surface area contributed by atoms with Crippen molar-refractivity contribution in [3.8, 4) is 5.75 Å².